The maximum Gasteiger partial charge on any atom is 0.306 e. The zero-order valence-electron chi connectivity index (χ0n) is 45.3. The molecule has 0 fully saturated rings. The molecule has 0 aromatic heterocycles. The molecule has 6 heteroatoms. The molecule has 2 atom stereocenters. The molecule has 6 nitrogen and oxygen atoms in total. The highest BCUT2D eigenvalue weighted by atomic mass is 16.6. The molecule has 1 unspecified atom stereocenters. The van der Waals surface area contributed by atoms with Crippen molar-refractivity contribution in [3.05, 3.63) is 0 Å². The summed E-state index contributed by atoms with van der Waals surface area (Å²) in [5.41, 5.74) is 0. The van der Waals surface area contributed by atoms with Gasteiger partial charge >= 0.3 is 17.9 Å². The van der Waals surface area contributed by atoms with Crippen LogP contribution in [0.2, 0.25) is 0 Å². The van der Waals surface area contributed by atoms with E-state index < -0.39 is 6.10 Å². The van der Waals surface area contributed by atoms with Gasteiger partial charge in [0.05, 0.1) is 0 Å². The molecule has 0 rings (SSSR count). The number of hydrogen-bond donors (Lipinski definition) is 0. The fraction of sp³-hybridized carbons (Fsp3) is 0.950. The standard InChI is InChI=1S/C60H116O6/c1-6-8-9-10-11-12-13-14-15-21-25-28-31-36-42-47-52-60(63)66-57(54-65-59(62)51-46-41-37-32-33-38-43-48-55(3)4)53-64-58(61)50-45-40-35-30-27-24-22-19-17-16-18-20-23-26-29-34-39-44-49-56(5)7-2/h55-57H,6-54H2,1-5H3/t56?,57-/m1/s1. The van der Waals surface area contributed by atoms with Crippen LogP contribution in [0.1, 0.15) is 336 Å². The Hall–Kier alpha value is -1.59. The molecular formula is C60H116O6. The second-order valence-electron chi connectivity index (χ2n) is 21.4. The highest BCUT2D eigenvalue weighted by Crippen LogP contribution is 2.19. The first-order chi connectivity index (χ1) is 32.3. The number of rotatable bonds is 54. The van der Waals surface area contributed by atoms with Crippen LogP contribution in [0.4, 0.5) is 0 Å². The van der Waals surface area contributed by atoms with Crippen molar-refractivity contribution >= 4 is 17.9 Å². The molecule has 0 N–H and O–H groups in total. The number of carbonyl (C=O) groups is 3. The normalized spacial score (nSPS) is 12.5. The molecule has 0 radical (unpaired) electrons. The van der Waals surface area contributed by atoms with Crippen molar-refractivity contribution in [2.24, 2.45) is 11.8 Å². The highest BCUT2D eigenvalue weighted by molar-refractivity contribution is 5.71. The molecule has 0 aliphatic carbocycles. The second kappa shape index (κ2) is 52.8. The molecule has 392 valence electrons. The SMILES string of the molecule is CCCCCCCCCCCCCCCCCCC(=O)O[C@H](COC(=O)CCCCCCCCCCCCCCCCCCCCC(C)CC)COC(=O)CCCCCCCCCC(C)C. The summed E-state index contributed by atoms with van der Waals surface area (Å²) >= 11 is 0. The van der Waals surface area contributed by atoms with E-state index in [0.29, 0.717) is 19.3 Å². The number of unbranched alkanes of at least 4 members (excludes halogenated alkanes) is 38. The minimum Gasteiger partial charge on any atom is -0.462 e. The van der Waals surface area contributed by atoms with Crippen LogP contribution < -0.4 is 0 Å². The van der Waals surface area contributed by atoms with Crippen LogP contribution in [-0.2, 0) is 28.6 Å². The van der Waals surface area contributed by atoms with Gasteiger partial charge in [-0.05, 0) is 31.1 Å². The molecule has 66 heavy (non-hydrogen) atoms. The first kappa shape index (κ1) is 64.4. The topological polar surface area (TPSA) is 78.9 Å². The summed E-state index contributed by atoms with van der Waals surface area (Å²) in [4.78, 5) is 38.1. The Balaban J connectivity index is 4.19. The zero-order valence-corrected chi connectivity index (χ0v) is 45.3. The van der Waals surface area contributed by atoms with Gasteiger partial charge in [0, 0.05) is 19.3 Å². The van der Waals surface area contributed by atoms with E-state index in [1.807, 2.05) is 0 Å². The molecular weight excluding hydrogens is 817 g/mol. The predicted octanol–water partition coefficient (Wildman–Crippen LogP) is 19.7. The van der Waals surface area contributed by atoms with Crippen LogP contribution >= 0.6 is 0 Å². The first-order valence-corrected chi connectivity index (χ1v) is 29.8. The fourth-order valence-electron chi connectivity index (χ4n) is 9.20. The maximum atomic E-state index is 12.8. The number of hydrogen-bond acceptors (Lipinski definition) is 6. The lowest BCUT2D eigenvalue weighted by Gasteiger charge is -2.18. The van der Waals surface area contributed by atoms with Gasteiger partial charge in [-0.15, -0.1) is 0 Å². The molecule has 0 aliphatic heterocycles. The third-order valence-corrected chi connectivity index (χ3v) is 14.1. The molecule has 0 heterocycles. The lowest BCUT2D eigenvalue weighted by molar-refractivity contribution is -0.167. The largest absolute Gasteiger partial charge is 0.462 e. The summed E-state index contributed by atoms with van der Waals surface area (Å²) in [5.74, 6) is 0.850. The van der Waals surface area contributed by atoms with Gasteiger partial charge in [-0.25, -0.2) is 0 Å². The van der Waals surface area contributed by atoms with Crippen molar-refractivity contribution in [1.29, 1.82) is 0 Å². The summed E-state index contributed by atoms with van der Waals surface area (Å²) in [6.45, 7) is 11.4. The van der Waals surface area contributed by atoms with Gasteiger partial charge in [0.15, 0.2) is 6.10 Å². The first-order valence-electron chi connectivity index (χ1n) is 29.8. The quantitative estimate of drug-likeness (QED) is 0.0343. The van der Waals surface area contributed by atoms with Crippen molar-refractivity contribution in [3.63, 3.8) is 0 Å². The van der Waals surface area contributed by atoms with E-state index in [4.69, 9.17) is 14.2 Å². The van der Waals surface area contributed by atoms with Crippen LogP contribution in [0.15, 0.2) is 0 Å². The Morgan fingerprint density at radius 3 is 0.864 bits per heavy atom. The molecule has 0 aliphatic rings. The molecule has 0 amide bonds. The molecule has 0 bridgehead atoms. The number of ether oxygens (including phenoxy) is 3. The maximum absolute atomic E-state index is 12.8. The smallest absolute Gasteiger partial charge is 0.306 e. The number of esters is 3. The third kappa shape index (κ3) is 51.8. The van der Waals surface area contributed by atoms with Gasteiger partial charge in [0.2, 0.25) is 0 Å². The van der Waals surface area contributed by atoms with Gasteiger partial charge < -0.3 is 14.2 Å². The fourth-order valence-corrected chi connectivity index (χ4v) is 9.20. The van der Waals surface area contributed by atoms with Gasteiger partial charge in [0.25, 0.3) is 0 Å². The Kier molecular flexibility index (Phi) is 51.5. The van der Waals surface area contributed by atoms with E-state index >= 15 is 0 Å². The average molecular weight is 934 g/mol. The minimum absolute atomic E-state index is 0.0631. The van der Waals surface area contributed by atoms with Gasteiger partial charge in [0.1, 0.15) is 13.2 Å². The van der Waals surface area contributed by atoms with Crippen molar-refractivity contribution in [1.82, 2.24) is 0 Å². The molecule has 0 spiro atoms. The zero-order chi connectivity index (χ0) is 48.2. The minimum atomic E-state index is -0.763. The van der Waals surface area contributed by atoms with E-state index in [9.17, 15) is 14.4 Å². The lowest BCUT2D eigenvalue weighted by atomic mass is 9.99. The van der Waals surface area contributed by atoms with Crippen molar-refractivity contribution in [3.8, 4) is 0 Å². The summed E-state index contributed by atoms with van der Waals surface area (Å²) in [7, 11) is 0. The van der Waals surface area contributed by atoms with Crippen LogP contribution in [-0.4, -0.2) is 37.2 Å². The predicted molar refractivity (Wildman–Crippen MR) is 284 cm³/mol. The Morgan fingerprint density at radius 1 is 0.318 bits per heavy atom. The number of carbonyl (C=O) groups excluding carboxylic acids is 3. The summed E-state index contributed by atoms with van der Waals surface area (Å²) in [6.07, 6.45) is 56.8. The van der Waals surface area contributed by atoms with E-state index in [2.05, 4.69) is 34.6 Å². The summed E-state index contributed by atoms with van der Waals surface area (Å²) < 4.78 is 16.9. The molecule has 0 aromatic rings. The Morgan fingerprint density at radius 2 is 0.576 bits per heavy atom. The van der Waals surface area contributed by atoms with E-state index in [1.54, 1.807) is 0 Å². The Bertz CT molecular complexity index is 1010. The van der Waals surface area contributed by atoms with E-state index in [1.165, 1.54) is 225 Å². The van der Waals surface area contributed by atoms with Gasteiger partial charge in [-0.2, -0.15) is 0 Å². The monoisotopic (exact) mass is 933 g/mol. The van der Waals surface area contributed by atoms with Crippen LogP contribution in [0, 0.1) is 11.8 Å². The Labute approximate surface area is 412 Å². The van der Waals surface area contributed by atoms with Crippen molar-refractivity contribution in [2.75, 3.05) is 13.2 Å². The second-order valence-corrected chi connectivity index (χ2v) is 21.4. The van der Waals surface area contributed by atoms with E-state index in [-0.39, 0.29) is 31.1 Å². The molecule has 0 saturated carbocycles. The summed E-state index contributed by atoms with van der Waals surface area (Å²) in [5, 5.41) is 0. The van der Waals surface area contributed by atoms with Crippen molar-refractivity contribution in [2.45, 2.75) is 343 Å². The highest BCUT2D eigenvalue weighted by Gasteiger charge is 2.19. The van der Waals surface area contributed by atoms with Crippen molar-refractivity contribution < 1.29 is 28.6 Å². The third-order valence-electron chi connectivity index (χ3n) is 14.1. The van der Waals surface area contributed by atoms with Gasteiger partial charge in [-0.1, -0.05) is 298 Å². The molecule has 0 saturated heterocycles. The summed E-state index contributed by atoms with van der Waals surface area (Å²) in [6, 6.07) is 0. The van der Waals surface area contributed by atoms with E-state index in [0.717, 1.165) is 69.6 Å². The van der Waals surface area contributed by atoms with Crippen LogP contribution in [0.3, 0.4) is 0 Å². The molecule has 0 aromatic carbocycles. The average Bonchev–Trinajstić information content (AvgIpc) is 3.30. The van der Waals surface area contributed by atoms with Crippen LogP contribution in [0.5, 0.6) is 0 Å². The van der Waals surface area contributed by atoms with Crippen LogP contribution in [0.25, 0.3) is 0 Å². The lowest BCUT2D eigenvalue weighted by Crippen LogP contribution is -2.30. The van der Waals surface area contributed by atoms with Gasteiger partial charge in [-0.3, -0.25) is 14.4 Å².